The molecule has 0 radical (unpaired) electrons. The van der Waals surface area contributed by atoms with E-state index >= 15 is 0 Å². The second kappa shape index (κ2) is 9.62. The van der Waals surface area contributed by atoms with E-state index in [-0.39, 0.29) is 11.8 Å². The van der Waals surface area contributed by atoms with Crippen molar-refractivity contribution in [1.29, 1.82) is 0 Å². The molecular formula is C25H28N6O. The van der Waals surface area contributed by atoms with Crippen LogP contribution in [0, 0.1) is 6.92 Å². The number of hydrogen-bond acceptors (Lipinski definition) is 7. The highest BCUT2D eigenvalue weighted by Gasteiger charge is 2.17. The number of hydrazine groups is 1. The number of nitrogens with two attached hydrogens (primary N) is 1. The normalized spacial score (nSPS) is 16.8. The Hall–Kier alpha value is -3.71. The third-order valence-corrected chi connectivity index (χ3v) is 5.53. The van der Waals surface area contributed by atoms with Crippen LogP contribution in [-0.4, -0.2) is 23.3 Å². The summed E-state index contributed by atoms with van der Waals surface area (Å²) in [6.07, 6.45) is 8.56. The summed E-state index contributed by atoms with van der Waals surface area (Å²) in [6, 6.07) is 14.2. The van der Waals surface area contributed by atoms with Crippen LogP contribution in [-0.2, 0) is 0 Å². The van der Waals surface area contributed by atoms with E-state index in [2.05, 4.69) is 53.8 Å². The topological polar surface area (TPSA) is 97.5 Å². The molecule has 1 aliphatic heterocycles. The second-order valence-electron chi connectivity index (χ2n) is 7.89. The number of anilines is 1. The van der Waals surface area contributed by atoms with Crippen LogP contribution >= 0.6 is 0 Å². The number of nitrogens with one attached hydrogen (secondary N) is 2. The van der Waals surface area contributed by atoms with Crippen LogP contribution < -0.4 is 21.3 Å². The van der Waals surface area contributed by atoms with Crippen LogP contribution in [0.25, 0.3) is 10.9 Å². The Kier molecular flexibility index (Phi) is 6.47. The number of fused-ring (bicyclic) bond motifs is 1. The fraction of sp³-hybridized carbons (Fsp3) is 0.240. The number of allylic oxidation sites excluding steroid dienone is 2. The van der Waals surface area contributed by atoms with E-state index in [4.69, 9.17) is 20.5 Å². The van der Waals surface area contributed by atoms with Gasteiger partial charge in [0.1, 0.15) is 23.2 Å². The van der Waals surface area contributed by atoms with Gasteiger partial charge >= 0.3 is 0 Å². The van der Waals surface area contributed by atoms with Crippen molar-refractivity contribution in [3.8, 4) is 5.75 Å². The van der Waals surface area contributed by atoms with Crippen LogP contribution in [0.5, 0.6) is 5.75 Å². The molecule has 4 N–H and O–H groups in total. The predicted octanol–water partition coefficient (Wildman–Crippen LogP) is 4.54. The van der Waals surface area contributed by atoms with E-state index in [9.17, 15) is 0 Å². The third kappa shape index (κ3) is 4.78. The minimum Gasteiger partial charge on any atom is -0.497 e. The lowest BCUT2D eigenvalue weighted by Gasteiger charge is -2.18. The molecule has 1 aliphatic rings. The molecule has 4 rings (SSSR count). The quantitative estimate of drug-likeness (QED) is 0.378. The molecule has 164 valence electrons. The Labute approximate surface area is 188 Å². The molecule has 2 atom stereocenters. The van der Waals surface area contributed by atoms with Crippen molar-refractivity contribution in [2.75, 3.05) is 12.4 Å². The number of aromatic nitrogens is 2. The standard InChI is InChI=1S/C25H28N6O/c1-16-6-8-18(9-7-16)17(2)13-23(31-26)29-25-21-14-20(32-3)10-11-22(21)28-24(30-25)19-5-4-12-27-15-19/h4,6-15,17,19,31H,5,26H2,1-3H3,(H,28,29,30)/b23-13-. The first-order valence-corrected chi connectivity index (χ1v) is 10.6. The molecule has 2 aromatic carbocycles. The van der Waals surface area contributed by atoms with Gasteiger partial charge in [-0.25, -0.2) is 15.8 Å². The Balaban J connectivity index is 1.72. The maximum Gasteiger partial charge on any atom is 0.143 e. The molecule has 0 saturated carbocycles. The molecular weight excluding hydrogens is 400 g/mol. The maximum atomic E-state index is 5.87. The van der Waals surface area contributed by atoms with Crippen LogP contribution in [0.15, 0.2) is 71.6 Å². The summed E-state index contributed by atoms with van der Waals surface area (Å²) in [5.41, 5.74) is 6.03. The predicted molar refractivity (Wildman–Crippen MR) is 130 cm³/mol. The Morgan fingerprint density at radius 3 is 2.69 bits per heavy atom. The monoisotopic (exact) mass is 428 g/mol. The molecule has 2 heterocycles. The van der Waals surface area contributed by atoms with E-state index in [0.29, 0.717) is 17.5 Å². The number of methoxy groups -OCH3 is 1. The zero-order chi connectivity index (χ0) is 22.5. The number of aliphatic imine (C=N–C) groups is 1. The summed E-state index contributed by atoms with van der Waals surface area (Å²) in [6.45, 7) is 4.21. The summed E-state index contributed by atoms with van der Waals surface area (Å²) < 4.78 is 5.42. The number of ether oxygens (including phenoxy) is 1. The Morgan fingerprint density at radius 1 is 1.19 bits per heavy atom. The third-order valence-electron chi connectivity index (χ3n) is 5.53. The average molecular weight is 429 g/mol. The molecule has 0 saturated heterocycles. The lowest BCUT2D eigenvalue weighted by atomic mass is 10.00. The fourth-order valence-corrected chi connectivity index (χ4v) is 3.64. The minimum absolute atomic E-state index is 0.0248. The number of nitrogens with zero attached hydrogens (tertiary/aromatic N) is 3. The number of rotatable bonds is 7. The molecule has 0 amide bonds. The van der Waals surface area contributed by atoms with Gasteiger partial charge in [0, 0.05) is 23.7 Å². The zero-order valence-electron chi connectivity index (χ0n) is 18.5. The first-order valence-electron chi connectivity index (χ1n) is 10.6. The van der Waals surface area contributed by atoms with Gasteiger partial charge < -0.3 is 15.5 Å². The van der Waals surface area contributed by atoms with E-state index in [1.807, 2.05) is 36.6 Å². The number of hydrogen-bond donors (Lipinski definition) is 3. The molecule has 0 fully saturated rings. The Morgan fingerprint density at radius 2 is 2.00 bits per heavy atom. The van der Waals surface area contributed by atoms with Crippen molar-refractivity contribution >= 4 is 22.9 Å². The highest BCUT2D eigenvalue weighted by molar-refractivity contribution is 5.91. The summed E-state index contributed by atoms with van der Waals surface area (Å²) in [5, 5.41) is 4.22. The lowest BCUT2D eigenvalue weighted by molar-refractivity contribution is 0.415. The van der Waals surface area contributed by atoms with Crippen molar-refractivity contribution in [1.82, 2.24) is 15.4 Å². The first-order chi connectivity index (χ1) is 15.6. The second-order valence-corrected chi connectivity index (χ2v) is 7.89. The van der Waals surface area contributed by atoms with Crippen molar-refractivity contribution in [2.45, 2.75) is 32.1 Å². The number of aryl methyl sites for hydroxylation is 1. The summed E-state index contributed by atoms with van der Waals surface area (Å²) >= 11 is 0. The van der Waals surface area contributed by atoms with Gasteiger partial charge in [-0.2, -0.15) is 0 Å². The van der Waals surface area contributed by atoms with E-state index in [1.54, 1.807) is 13.3 Å². The summed E-state index contributed by atoms with van der Waals surface area (Å²) in [4.78, 5) is 13.9. The average Bonchev–Trinajstić information content (AvgIpc) is 2.84. The van der Waals surface area contributed by atoms with Gasteiger partial charge in [0.25, 0.3) is 0 Å². The molecule has 3 aromatic rings. The van der Waals surface area contributed by atoms with Gasteiger partial charge in [-0.3, -0.25) is 4.99 Å². The molecule has 2 unspecified atom stereocenters. The van der Waals surface area contributed by atoms with Crippen LogP contribution in [0.2, 0.25) is 0 Å². The fourth-order valence-electron chi connectivity index (χ4n) is 3.64. The molecule has 1 aromatic heterocycles. The van der Waals surface area contributed by atoms with Gasteiger partial charge in [0.2, 0.25) is 0 Å². The largest absolute Gasteiger partial charge is 0.497 e. The zero-order valence-corrected chi connectivity index (χ0v) is 18.5. The highest BCUT2D eigenvalue weighted by Crippen LogP contribution is 2.29. The van der Waals surface area contributed by atoms with Gasteiger partial charge in [-0.05, 0) is 43.2 Å². The molecule has 0 bridgehead atoms. The van der Waals surface area contributed by atoms with Crippen molar-refractivity contribution < 1.29 is 4.74 Å². The van der Waals surface area contributed by atoms with Crippen molar-refractivity contribution in [2.24, 2.45) is 10.8 Å². The van der Waals surface area contributed by atoms with E-state index in [0.717, 1.165) is 23.1 Å². The molecule has 0 spiro atoms. The molecule has 7 heteroatoms. The molecule has 32 heavy (non-hydrogen) atoms. The summed E-state index contributed by atoms with van der Waals surface area (Å²) in [5.74, 6) is 8.80. The first kappa shape index (κ1) is 21.5. The molecule has 7 nitrogen and oxygen atoms in total. The van der Waals surface area contributed by atoms with Crippen molar-refractivity contribution in [3.05, 3.63) is 83.6 Å². The SMILES string of the molecule is COc1ccc2nc(C3C=NC=CC3)nc(N/C(=C/C(C)c3ccc(C)cc3)NN)c2c1. The van der Waals surface area contributed by atoms with E-state index in [1.165, 1.54) is 11.1 Å². The lowest BCUT2D eigenvalue weighted by Crippen LogP contribution is -2.27. The molecule has 0 aliphatic carbocycles. The maximum absolute atomic E-state index is 5.87. The van der Waals surface area contributed by atoms with Crippen LogP contribution in [0.3, 0.4) is 0 Å². The summed E-state index contributed by atoms with van der Waals surface area (Å²) in [7, 11) is 1.64. The highest BCUT2D eigenvalue weighted by atomic mass is 16.5. The van der Waals surface area contributed by atoms with Crippen LogP contribution in [0.1, 0.15) is 42.1 Å². The van der Waals surface area contributed by atoms with Crippen molar-refractivity contribution in [3.63, 3.8) is 0 Å². The van der Waals surface area contributed by atoms with Gasteiger partial charge in [-0.15, -0.1) is 0 Å². The van der Waals surface area contributed by atoms with E-state index < -0.39 is 0 Å². The van der Waals surface area contributed by atoms with Crippen LogP contribution in [0.4, 0.5) is 5.82 Å². The Bertz CT molecular complexity index is 1180. The minimum atomic E-state index is 0.0248. The smallest absolute Gasteiger partial charge is 0.143 e. The van der Waals surface area contributed by atoms with Gasteiger partial charge in [0.15, 0.2) is 0 Å². The number of benzene rings is 2. The van der Waals surface area contributed by atoms with Gasteiger partial charge in [-0.1, -0.05) is 42.8 Å². The van der Waals surface area contributed by atoms with Gasteiger partial charge in [0.05, 0.1) is 18.5 Å².